The Morgan fingerprint density at radius 3 is 2.50 bits per heavy atom. The zero-order chi connectivity index (χ0) is 22.3. The highest BCUT2D eigenvalue weighted by molar-refractivity contribution is 7.89. The molecule has 1 heterocycles. The number of halogens is 1. The summed E-state index contributed by atoms with van der Waals surface area (Å²) in [6, 6.07) is 8.12. The minimum atomic E-state index is -3.92. The second-order valence-electron chi connectivity index (χ2n) is 8.36. The molecule has 2 aromatic carbocycles. The Hall–Kier alpha value is -2.16. The number of likely N-dealkylation sites (tertiary alicyclic amines) is 1. The van der Waals surface area contributed by atoms with Crippen LogP contribution in [0.25, 0.3) is 10.8 Å². The van der Waals surface area contributed by atoms with Crippen LogP contribution >= 0.6 is 11.6 Å². The number of carbonyl (C=O) groups is 2. The van der Waals surface area contributed by atoms with E-state index in [0.29, 0.717) is 5.02 Å². The van der Waals surface area contributed by atoms with Gasteiger partial charge in [-0.15, -0.1) is 0 Å². The molecule has 0 spiro atoms. The first-order chi connectivity index (χ1) is 13.9. The van der Waals surface area contributed by atoms with Crippen LogP contribution in [0.15, 0.2) is 41.3 Å². The number of rotatable bonds is 5. The molecule has 1 aliphatic rings. The molecule has 1 fully saturated rings. The van der Waals surface area contributed by atoms with Crippen LogP contribution in [0, 0.1) is 0 Å². The number of hydrogen-bond acceptors (Lipinski definition) is 5. The molecule has 0 unspecified atom stereocenters. The van der Waals surface area contributed by atoms with Gasteiger partial charge in [-0.2, -0.15) is 4.72 Å². The fraction of sp³-hybridized carbons (Fsp3) is 0.429. The lowest BCUT2D eigenvalue weighted by Crippen LogP contribution is -2.47. The molecule has 162 valence electrons. The first-order valence-corrected chi connectivity index (χ1v) is 11.5. The van der Waals surface area contributed by atoms with Crippen molar-refractivity contribution in [2.75, 3.05) is 6.54 Å². The van der Waals surface area contributed by atoms with Gasteiger partial charge in [0.15, 0.2) is 0 Å². The van der Waals surface area contributed by atoms with Crippen LogP contribution in [0.5, 0.6) is 0 Å². The van der Waals surface area contributed by atoms with Crippen LogP contribution in [-0.2, 0) is 24.3 Å². The van der Waals surface area contributed by atoms with Crippen molar-refractivity contribution in [3.63, 3.8) is 0 Å². The maximum absolute atomic E-state index is 12.8. The third kappa shape index (κ3) is 4.94. The molecule has 0 aromatic heterocycles. The Labute approximate surface area is 181 Å². The van der Waals surface area contributed by atoms with E-state index >= 15 is 0 Å². The lowest BCUT2D eigenvalue weighted by molar-refractivity contribution is -0.163. The van der Waals surface area contributed by atoms with Crippen LogP contribution in [0.4, 0.5) is 0 Å². The van der Waals surface area contributed by atoms with Crippen LogP contribution in [0.1, 0.15) is 34.1 Å². The summed E-state index contributed by atoms with van der Waals surface area (Å²) >= 11 is 5.97. The van der Waals surface area contributed by atoms with Crippen molar-refractivity contribution in [2.45, 2.75) is 56.7 Å². The summed E-state index contributed by atoms with van der Waals surface area (Å²) in [5.41, 5.74) is -0.671. The number of ether oxygens (including phenoxy) is 1. The van der Waals surface area contributed by atoms with Gasteiger partial charge >= 0.3 is 5.97 Å². The van der Waals surface area contributed by atoms with Crippen LogP contribution in [-0.4, -0.2) is 49.4 Å². The average Bonchev–Trinajstić information content (AvgIpc) is 2.99. The molecule has 1 amide bonds. The van der Waals surface area contributed by atoms with E-state index in [2.05, 4.69) is 4.72 Å². The van der Waals surface area contributed by atoms with E-state index in [4.69, 9.17) is 16.3 Å². The highest BCUT2D eigenvalue weighted by Crippen LogP contribution is 2.24. The maximum atomic E-state index is 12.8. The van der Waals surface area contributed by atoms with Crippen molar-refractivity contribution >= 4 is 44.3 Å². The maximum Gasteiger partial charge on any atom is 0.329 e. The summed E-state index contributed by atoms with van der Waals surface area (Å²) < 4.78 is 33.5. The van der Waals surface area contributed by atoms with Gasteiger partial charge in [-0.3, -0.25) is 4.79 Å². The highest BCUT2D eigenvalue weighted by Gasteiger charge is 2.40. The number of benzene rings is 2. The summed E-state index contributed by atoms with van der Waals surface area (Å²) in [6.45, 7) is 7.09. The summed E-state index contributed by atoms with van der Waals surface area (Å²) in [7, 11) is -3.92. The topological polar surface area (TPSA) is 92.8 Å². The summed E-state index contributed by atoms with van der Waals surface area (Å²) in [5, 5.41) is 2.10. The monoisotopic (exact) mass is 452 g/mol. The molecular formula is C21H25ClN2O5S. The molecule has 3 rings (SSSR count). The quantitative estimate of drug-likeness (QED) is 0.703. The summed E-state index contributed by atoms with van der Waals surface area (Å²) in [6.07, 6.45) is 0.272. The van der Waals surface area contributed by atoms with E-state index in [1.165, 1.54) is 17.0 Å². The second-order valence-corrected chi connectivity index (χ2v) is 10.5. The van der Waals surface area contributed by atoms with Gasteiger partial charge < -0.3 is 9.64 Å². The lowest BCUT2D eigenvalue weighted by atomic mass is 10.1. The minimum Gasteiger partial charge on any atom is -0.458 e. The van der Waals surface area contributed by atoms with E-state index < -0.39 is 39.6 Å². The zero-order valence-electron chi connectivity index (χ0n) is 17.3. The minimum absolute atomic E-state index is 0.0590. The number of sulfonamides is 1. The van der Waals surface area contributed by atoms with Crippen LogP contribution in [0.2, 0.25) is 5.02 Å². The van der Waals surface area contributed by atoms with Gasteiger partial charge in [0, 0.05) is 11.6 Å². The van der Waals surface area contributed by atoms with Crippen molar-refractivity contribution in [1.29, 1.82) is 0 Å². The van der Waals surface area contributed by atoms with E-state index in [1.54, 1.807) is 52.0 Å². The van der Waals surface area contributed by atoms with Gasteiger partial charge in [0.05, 0.1) is 4.90 Å². The number of amides is 1. The Kier molecular flexibility index (Phi) is 6.13. The molecule has 1 saturated heterocycles. The van der Waals surface area contributed by atoms with Crippen LogP contribution in [0.3, 0.4) is 0 Å². The largest absolute Gasteiger partial charge is 0.458 e. The van der Waals surface area contributed by atoms with Gasteiger partial charge in [-0.25, -0.2) is 13.2 Å². The molecular weight excluding hydrogens is 428 g/mol. The molecule has 1 N–H and O–H groups in total. The number of nitrogens with one attached hydrogen (secondary N) is 1. The van der Waals surface area contributed by atoms with E-state index in [0.717, 1.165) is 10.8 Å². The van der Waals surface area contributed by atoms with E-state index in [-0.39, 0.29) is 17.9 Å². The van der Waals surface area contributed by atoms with Crippen molar-refractivity contribution in [2.24, 2.45) is 0 Å². The van der Waals surface area contributed by atoms with E-state index in [9.17, 15) is 18.0 Å². The molecule has 0 aliphatic carbocycles. The van der Waals surface area contributed by atoms with E-state index in [1.807, 2.05) is 0 Å². The molecule has 0 bridgehead atoms. The van der Waals surface area contributed by atoms with Crippen molar-refractivity contribution in [3.05, 3.63) is 41.4 Å². The Bertz CT molecular complexity index is 1090. The highest BCUT2D eigenvalue weighted by atomic mass is 35.5. The van der Waals surface area contributed by atoms with Gasteiger partial charge in [0.2, 0.25) is 15.9 Å². The molecule has 7 nitrogen and oxygen atoms in total. The molecule has 0 saturated carbocycles. The van der Waals surface area contributed by atoms with Crippen molar-refractivity contribution in [3.8, 4) is 0 Å². The van der Waals surface area contributed by atoms with Gasteiger partial charge in [0.1, 0.15) is 17.7 Å². The van der Waals surface area contributed by atoms with Gasteiger partial charge in [-0.05, 0) is 69.2 Å². The fourth-order valence-electron chi connectivity index (χ4n) is 3.33. The summed E-state index contributed by atoms with van der Waals surface area (Å²) in [5.74, 6) is -0.961. The third-order valence-electron chi connectivity index (χ3n) is 4.84. The standard InChI is InChI=1S/C21H25ClN2O5S/c1-13(20(26)29-21(2,3)4)24-10-9-18(19(24)25)23-30(27,28)17-8-6-14-11-16(22)7-5-15(14)12-17/h5-8,11-13,18,23H,9-10H2,1-4H3/t13-,18+/m1/s1. The molecule has 2 atom stereocenters. The molecule has 30 heavy (non-hydrogen) atoms. The Morgan fingerprint density at radius 2 is 1.83 bits per heavy atom. The molecule has 0 radical (unpaired) electrons. The molecule has 2 aromatic rings. The number of fused-ring (bicyclic) bond motifs is 1. The lowest BCUT2D eigenvalue weighted by Gasteiger charge is -2.27. The molecule has 1 aliphatic heterocycles. The first-order valence-electron chi connectivity index (χ1n) is 9.62. The zero-order valence-corrected chi connectivity index (χ0v) is 18.9. The third-order valence-corrected chi connectivity index (χ3v) is 6.54. The van der Waals surface area contributed by atoms with Gasteiger partial charge in [0.25, 0.3) is 0 Å². The Balaban J connectivity index is 1.74. The smallest absolute Gasteiger partial charge is 0.329 e. The number of esters is 1. The predicted octanol–water partition coefficient (Wildman–Crippen LogP) is 3.10. The number of nitrogens with zero attached hydrogens (tertiary/aromatic N) is 1. The first kappa shape index (κ1) is 22.5. The normalized spacial score (nSPS) is 18.6. The van der Waals surface area contributed by atoms with Crippen molar-refractivity contribution < 1.29 is 22.7 Å². The predicted molar refractivity (Wildman–Crippen MR) is 115 cm³/mol. The second kappa shape index (κ2) is 8.17. The Morgan fingerprint density at radius 1 is 1.20 bits per heavy atom. The fourth-order valence-corrected chi connectivity index (χ4v) is 4.77. The van der Waals surface area contributed by atoms with Crippen LogP contribution < -0.4 is 4.72 Å². The van der Waals surface area contributed by atoms with Gasteiger partial charge in [-0.1, -0.05) is 23.7 Å². The number of carbonyl (C=O) groups excluding carboxylic acids is 2. The SMILES string of the molecule is C[C@H](C(=O)OC(C)(C)C)N1CC[C@H](NS(=O)(=O)c2ccc3cc(Cl)ccc3c2)C1=O. The molecule has 9 heteroatoms. The summed E-state index contributed by atoms with van der Waals surface area (Å²) in [4.78, 5) is 26.5. The van der Waals surface area contributed by atoms with Crippen molar-refractivity contribution in [1.82, 2.24) is 9.62 Å². The average molecular weight is 453 g/mol. The number of hydrogen-bond donors (Lipinski definition) is 1.